The molecule has 0 saturated heterocycles. The summed E-state index contributed by atoms with van der Waals surface area (Å²) >= 11 is 0. The fourth-order valence-electron chi connectivity index (χ4n) is 2.70. The molecule has 0 heterocycles. The molecular formula is C21H26N2. The quantitative estimate of drug-likeness (QED) is 0.562. The SMILES string of the molecule is Cc1ccc(N=C=Nc2c(C(C)C)cccc2C(C)C)c(C)c1. The van der Waals surface area contributed by atoms with Gasteiger partial charge >= 0.3 is 0 Å². The van der Waals surface area contributed by atoms with Crippen molar-refractivity contribution in [3.63, 3.8) is 0 Å². The van der Waals surface area contributed by atoms with E-state index >= 15 is 0 Å². The summed E-state index contributed by atoms with van der Waals surface area (Å²) in [7, 11) is 0. The largest absolute Gasteiger partial charge is 0.187 e. The van der Waals surface area contributed by atoms with Crippen LogP contribution in [0.3, 0.4) is 0 Å². The molecule has 0 amide bonds. The van der Waals surface area contributed by atoms with Crippen molar-refractivity contribution in [3.05, 3.63) is 58.7 Å². The highest BCUT2D eigenvalue weighted by atomic mass is 14.8. The molecule has 0 fully saturated rings. The summed E-state index contributed by atoms with van der Waals surface area (Å²) < 4.78 is 0. The molecule has 0 saturated carbocycles. The first-order chi connectivity index (χ1) is 10.9. The van der Waals surface area contributed by atoms with Gasteiger partial charge in [0.2, 0.25) is 0 Å². The molecule has 0 atom stereocenters. The Morgan fingerprint density at radius 3 is 1.96 bits per heavy atom. The summed E-state index contributed by atoms with van der Waals surface area (Å²) in [5, 5.41) is 0. The highest BCUT2D eigenvalue weighted by Gasteiger charge is 2.12. The Balaban J connectivity index is 2.47. The summed E-state index contributed by atoms with van der Waals surface area (Å²) in [5.41, 5.74) is 6.83. The zero-order chi connectivity index (χ0) is 17.0. The first kappa shape index (κ1) is 17.2. The zero-order valence-electron chi connectivity index (χ0n) is 15.0. The third-order valence-corrected chi connectivity index (χ3v) is 4.03. The Labute approximate surface area is 140 Å². The lowest BCUT2D eigenvalue weighted by Crippen LogP contribution is -1.94. The maximum atomic E-state index is 4.59. The standard InChI is InChI=1S/C21H26N2/c1-14(2)18-8-7-9-19(15(3)4)21(18)23-13-22-20-11-10-16(5)12-17(20)6/h7-12,14-15H,1-6H3. The fourth-order valence-corrected chi connectivity index (χ4v) is 2.70. The lowest BCUT2D eigenvalue weighted by molar-refractivity contribution is 0.835. The molecule has 0 aromatic heterocycles. The van der Waals surface area contributed by atoms with Crippen molar-refractivity contribution in [2.75, 3.05) is 0 Å². The third kappa shape index (κ3) is 4.18. The van der Waals surface area contributed by atoms with Gasteiger partial charge in [-0.1, -0.05) is 63.6 Å². The van der Waals surface area contributed by atoms with Crippen LogP contribution in [0.15, 0.2) is 46.4 Å². The predicted octanol–water partition coefficient (Wildman–Crippen LogP) is 6.69. The van der Waals surface area contributed by atoms with Crippen LogP contribution in [-0.2, 0) is 0 Å². The Morgan fingerprint density at radius 1 is 0.826 bits per heavy atom. The molecule has 2 aromatic rings. The average Bonchev–Trinajstić information content (AvgIpc) is 2.49. The van der Waals surface area contributed by atoms with E-state index in [9.17, 15) is 0 Å². The van der Waals surface area contributed by atoms with E-state index in [1.165, 1.54) is 16.7 Å². The van der Waals surface area contributed by atoms with Crippen LogP contribution < -0.4 is 0 Å². The maximum Gasteiger partial charge on any atom is 0.101 e. The van der Waals surface area contributed by atoms with E-state index in [0.29, 0.717) is 11.8 Å². The molecule has 0 aliphatic rings. The molecule has 2 aromatic carbocycles. The Kier molecular flexibility index (Phi) is 5.52. The van der Waals surface area contributed by atoms with Crippen LogP contribution in [0.2, 0.25) is 0 Å². The summed E-state index contributed by atoms with van der Waals surface area (Å²) in [4.78, 5) is 9.02. The van der Waals surface area contributed by atoms with Crippen molar-refractivity contribution in [1.82, 2.24) is 0 Å². The van der Waals surface area contributed by atoms with Gasteiger partial charge in [-0.25, -0.2) is 0 Å². The number of hydrogen-bond donors (Lipinski definition) is 0. The second-order valence-corrected chi connectivity index (χ2v) is 6.71. The molecule has 2 heteroatoms. The molecule has 0 bridgehead atoms. The van der Waals surface area contributed by atoms with Crippen molar-refractivity contribution < 1.29 is 0 Å². The number of rotatable bonds is 4. The Hall–Kier alpha value is -2.18. The van der Waals surface area contributed by atoms with Gasteiger partial charge in [-0.15, -0.1) is 0 Å². The first-order valence-electron chi connectivity index (χ1n) is 8.26. The molecule has 2 nitrogen and oxygen atoms in total. The van der Waals surface area contributed by atoms with E-state index in [-0.39, 0.29) is 0 Å². The van der Waals surface area contributed by atoms with Gasteiger partial charge in [0, 0.05) is 0 Å². The first-order valence-corrected chi connectivity index (χ1v) is 8.26. The van der Waals surface area contributed by atoms with Crippen LogP contribution >= 0.6 is 0 Å². The van der Waals surface area contributed by atoms with Crippen molar-refractivity contribution in [3.8, 4) is 0 Å². The maximum absolute atomic E-state index is 4.59. The lowest BCUT2D eigenvalue weighted by Gasteiger charge is -2.15. The normalized spacial score (nSPS) is 10.8. The summed E-state index contributed by atoms with van der Waals surface area (Å²) in [6.07, 6.45) is 0. The highest BCUT2D eigenvalue weighted by Crippen LogP contribution is 2.34. The van der Waals surface area contributed by atoms with Crippen molar-refractivity contribution in [2.45, 2.75) is 53.4 Å². The number of benzene rings is 2. The number of aryl methyl sites for hydroxylation is 2. The van der Waals surface area contributed by atoms with Gasteiger partial charge in [-0.3, -0.25) is 0 Å². The topological polar surface area (TPSA) is 24.7 Å². The van der Waals surface area contributed by atoms with Gasteiger partial charge in [-0.05, 0) is 48.4 Å². The smallest absolute Gasteiger partial charge is 0.101 e. The number of para-hydroxylation sites is 1. The monoisotopic (exact) mass is 306 g/mol. The number of nitrogens with zero attached hydrogens (tertiary/aromatic N) is 2. The van der Waals surface area contributed by atoms with Gasteiger partial charge in [0.25, 0.3) is 0 Å². The second kappa shape index (κ2) is 7.39. The highest BCUT2D eigenvalue weighted by molar-refractivity contribution is 5.65. The predicted molar refractivity (Wildman–Crippen MR) is 99.7 cm³/mol. The third-order valence-electron chi connectivity index (χ3n) is 4.03. The summed E-state index contributed by atoms with van der Waals surface area (Å²) in [6, 6.07) is 15.5. The van der Waals surface area contributed by atoms with E-state index in [0.717, 1.165) is 16.9 Å². The zero-order valence-corrected chi connectivity index (χ0v) is 15.0. The molecule has 0 radical (unpaired) electrons. The second-order valence-electron chi connectivity index (χ2n) is 6.71. The van der Waals surface area contributed by atoms with Crippen LogP contribution in [0.25, 0.3) is 0 Å². The van der Waals surface area contributed by atoms with E-state index in [4.69, 9.17) is 0 Å². The summed E-state index contributed by atoms with van der Waals surface area (Å²) in [6.45, 7) is 12.9. The molecule has 0 aliphatic heterocycles. The Morgan fingerprint density at radius 2 is 1.43 bits per heavy atom. The minimum Gasteiger partial charge on any atom is -0.187 e. The fraction of sp³-hybridized carbons (Fsp3) is 0.381. The molecular weight excluding hydrogens is 280 g/mol. The number of hydrogen-bond acceptors (Lipinski definition) is 2. The van der Waals surface area contributed by atoms with Gasteiger partial charge in [0.15, 0.2) is 0 Å². The van der Waals surface area contributed by atoms with Crippen molar-refractivity contribution in [2.24, 2.45) is 9.98 Å². The van der Waals surface area contributed by atoms with E-state index in [1.807, 2.05) is 6.07 Å². The molecule has 23 heavy (non-hydrogen) atoms. The average molecular weight is 306 g/mol. The minimum atomic E-state index is 0.426. The van der Waals surface area contributed by atoms with Crippen LogP contribution in [0, 0.1) is 13.8 Å². The van der Waals surface area contributed by atoms with Gasteiger partial charge in [0.05, 0.1) is 11.4 Å². The lowest BCUT2D eigenvalue weighted by atomic mass is 9.93. The minimum absolute atomic E-state index is 0.426. The number of aliphatic imine (C=N–C) groups is 2. The van der Waals surface area contributed by atoms with E-state index in [1.54, 1.807) is 0 Å². The molecule has 0 N–H and O–H groups in total. The van der Waals surface area contributed by atoms with Crippen LogP contribution in [-0.4, -0.2) is 6.01 Å². The van der Waals surface area contributed by atoms with Gasteiger partial charge in [-0.2, -0.15) is 9.98 Å². The Bertz CT molecular complexity index is 722. The van der Waals surface area contributed by atoms with E-state index in [2.05, 4.69) is 87.9 Å². The van der Waals surface area contributed by atoms with Crippen LogP contribution in [0.5, 0.6) is 0 Å². The molecule has 0 unspecified atom stereocenters. The van der Waals surface area contributed by atoms with Crippen molar-refractivity contribution >= 4 is 17.4 Å². The van der Waals surface area contributed by atoms with Crippen molar-refractivity contribution in [1.29, 1.82) is 0 Å². The van der Waals surface area contributed by atoms with Crippen LogP contribution in [0.4, 0.5) is 11.4 Å². The summed E-state index contributed by atoms with van der Waals surface area (Å²) in [5.74, 6) is 0.853. The molecule has 120 valence electrons. The van der Waals surface area contributed by atoms with Gasteiger partial charge < -0.3 is 0 Å². The van der Waals surface area contributed by atoms with E-state index < -0.39 is 0 Å². The van der Waals surface area contributed by atoms with Crippen LogP contribution in [0.1, 0.15) is 61.8 Å². The van der Waals surface area contributed by atoms with Gasteiger partial charge in [0.1, 0.15) is 6.01 Å². The molecule has 2 rings (SSSR count). The molecule has 0 aliphatic carbocycles. The molecule has 0 spiro atoms.